The lowest BCUT2D eigenvalue weighted by Gasteiger charge is -2.23. The molecule has 2 amide bonds. The zero-order chi connectivity index (χ0) is 20.7. The van der Waals surface area contributed by atoms with Gasteiger partial charge in [-0.15, -0.1) is 0 Å². The molecule has 156 valence electrons. The van der Waals surface area contributed by atoms with E-state index in [0.717, 1.165) is 0 Å². The molecule has 11 heteroatoms. The predicted octanol–water partition coefficient (Wildman–Crippen LogP) is -1.16. The van der Waals surface area contributed by atoms with Gasteiger partial charge in [-0.2, -0.15) is 4.31 Å². The molecular formula is C17H26N4O6S. The van der Waals surface area contributed by atoms with Crippen molar-refractivity contribution in [2.75, 3.05) is 54.0 Å². The van der Waals surface area contributed by atoms with Crippen molar-refractivity contribution in [1.29, 1.82) is 0 Å². The van der Waals surface area contributed by atoms with E-state index in [-0.39, 0.29) is 24.6 Å². The quantitative estimate of drug-likeness (QED) is 0.515. The SMILES string of the molecule is COc1ccc(S(=O)(=O)N2CCO[C@H]2CNC(=O)C(=O)NCCN(C)C)cc1. The van der Waals surface area contributed by atoms with Gasteiger partial charge in [0.15, 0.2) is 0 Å². The highest BCUT2D eigenvalue weighted by molar-refractivity contribution is 7.89. The van der Waals surface area contributed by atoms with Crippen LogP contribution in [0.3, 0.4) is 0 Å². The molecule has 1 atom stereocenters. The van der Waals surface area contributed by atoms with Crippen molar-refractivity contribution in [3.8, 4) is 5.75 Å². The van der Waals surface area contributed by atoms with Crippen molar-refractivity contribution in [3.63, 3.8) is 0 Å². The number of nitrogens with one attached hydrogen (secondary N) is 2. The number of carbonyl (C=O) groups is 2. The second-order valence-electron chi connectivity index (χ2n) is 6.39. The molecule has 0 aliphatic carbocycles. The van der Waals surface area contributed by atoms with Gasteiger partial charge in [-0.05, 0) is 38.4 Å². The largest absolute Gasteiger partial charge is 0.497 e. The first-order valence-electron chi connectivity index (χ1n) is 8.74. The third-order valence-electron chi connectivity index (χ3n) is 4.10. The van der Waals surface area contributed by atoms with E-state index < -0.39 is 28.1 Å². The summed E-state index contributed by atoms with van der Waals surface area (Å²) in [6.07, 6.45) is -0.884. The molecule has 1 aliphatic heterocycles. The first-order valence-corrected chi connectivity index (χ1v) is 10.2. The number of sulfonamides is 1. The van der Waals surface area contributed by atoms with Crippen LogP contribution in [0.4, 0.5) is 0 Å². The minimum absolute atomic E-state index is 0.0940. The molecular weight excluding hydrogens is 388 g/mol. The first-order chi connectivity index (χ1) is 13.3. The van der Waals surface area contributed by atoms with Crippen LogP contribution in [-0.4, -0.2) is 89.7 Å². The summed E-state index contributed by atoms with van der Waals surface area (Å²) in [4.78, 5) is 25.6. The number of amides is 2. The Labute approximate surface area is 164 Å². The van der Waals surface area contributed by atoms with Crippen LogP contribution in [-0.2, 0) is 24.3 Å². The van der Waals surface area contributed by atoms with Crippen LogP contribution in [0, 0.1) is 0 Å². The van der Waals surface area contributed by atoms with Gasteiger partial charge in [0, 0.05) is 19.6 Å². The number of nitrogens with zero attached hydrogens (tertiary/aromatic N) is 2. The van der Waals surface area contributed by atoms with Crippen molar-refractivity contribution in [2.24, 2.45) is 0 Å². The fourth-order valence-corrected chi connectivity index (χ4v) is 4.07. The normalized spacial score (nSPS) is 17.5. The summed E-state index contributed by atoms with van der Waals surface area (Å²) in [5.41, 5.74) is 0. The monoisotopic (exact) mass is 414 g/mol. The highest BCUT2D eigenvalue weighted by atomic mass is 32.2. The molecule has 0 unspecified atom stereocenters. The third-order valence-corrected chi connectivity index (χ3v) is 6.00. The van der Waals surface area contributed by atoms with Gasteiger partial charge < -0.3 is 25.0 Å². The van der Waals surface area contributed by atoms with Gasteiger partial charge in [-0.1, -0.05) is 0 Å². The Kier molecular flexibility index (Phi) is 7.75. The van der Waals surface area contributed by atoms with Crippen molar-refractivity contribution < 1.29 is 27.5 Å². The lowest BCUT2D eigenvalue weighted by Crippen LogP contribution is -2.48. The van der Waals surface area contributed by atoms with E-state index in [9.17, 15) is 18.0 Å². The van der Waals surface area contributed by atoms with Gasteiger partial charge in [0.05, 0.1) is 25.2 Å². The van der Waals surface area contributed by atoms with Gasteiger partial charge in [-0.25, -0.2) is 8.42 Å². The molecule has 1 heterocycles. The van der Waals surface area contributed by atoms with Crippen molar-refractivity contribution in [2.45, 2.75) is 11.1 Å². The molecule has 2 rings (SSSR count). The van der Waals surface area contributed by atoms with E-state index in [4.69, 9.17) is 9.47 Å². The first kappa shape index (κ1) is 22.1. The molecule has 0 radical (unpaired) electrons. The summed E-state index contributed by atoms with van der Waals surface area (Å²) < 4.78 is 37.3. The Bertz CT molecular complexity index is 781. The Morgan fingerprint density at radius 2 is 1.86 bits per heavy atom. The van der Waals surface area contributed by atoms with Crippen molar-refractivity contribution in [1.82, 2.24) is 19.8 Å². The minimum Gasteiger partial charge on any atom is -0.497 e. The smallest absolute Gasteiger partial charge is 0.309 e. The van der Waals surface area contributed by atoms with E-state index in [0.29, 0.717) is 18.8 Å². The predicted molar refractivity (Wildman–Crippen MR) is 101 cm³/mol. The maximum Gasteiger partial charge on any atom is 0.309 e. The molecule has 28 heavy (non-hydrogen) atoms. The second-order valence-corrected chi connectivity index (χ2v) is 8.28. The van der Waals surface area contributed by atoms with Gasteiger partial charge in [0.25, 0.3) is 0 Å². The summed E-state index contributed by atoms with van der Waals surface area (Å²) in [5, 5.41) is 4.91. The average molecular weight is 414 g/mol. The van der Waals surface area contributed by atoms with E-state index in [1.54, 1.807) is 12.1 Å². The summed E-state index contributed by atoms with van der Waals surface area (Å²) in [7, 11) is 1.38. The van der Waals surface area contributed by atoms with Gasteiger partial charge in [-0.3, -0.25) is 9.59 Å². The molecule has 1 aromatic rings. The van der Waals surface area contributed by atoms with E-state index in [1.165, 1.54) is 23.5 Å². The van der Waals surface area contributed by atoms with Crippen LogP contribution in [0.1, 0.15) is 0 Å². The Morgan fingerprint density at radius 3 is 2.46 bits per heavy atom. The maximum atomic E-state index is 12.8. The maximum absolute atomic E-state index is 12.8. The van der Waals surface area contributed by atoms with Crippen molar-refractivity contribution >= 4 is 21.8 Å². The lowest BCUT2D eigenvalue weighted by atomic mass is 10.3. The lowest BCUT2D eigenvalue weighted by molar-refractivity contribution is -0.139. The standard InChI is InChI=1S/C17H26N4O6S/c1-20(2)9-8-18-16(22)17(23)19-12-15-21(10-11-27-15)28(24,25)14-6-4-13(26-3)5-7-14/h4-7,15H,8-12H2,1-3H3,(H,18,22)(H,19,23)/t15-/m0/s1. The molecule has 0 saturated carbocycles. The fourth-order valence-electron chi connectivity index (χ4n) is 2.56. The highest BCUT2D eigenvalue weighted by Gasteiger charge is 2.36. The van der Waals surface area contributed by atoms with Gasteiger partial charge in [0.1, 0.15) is 12.0 Å². The molecule has 10 nitrogen and oxygen atoms in total. The number of benzene rings is 1. The number of carbonyl (C=O) groups excluding carboxylic acids is 2. The number of ether oxygens (including phenoxy) is 2. The van der Waals surface area contributed by atoms with E-state index >= 15 is 0 Å². The van der Waals surface area contributed by atoms with Crippen molar-refractivity contribution in [3.05, 3.63) is 24.3 Å². The fraction of sp³-hybridized carbons (Fsp3) is 0.529. The zero-order valence-corrected chi connectivity index (χ0v) is 17.0. The van der Waals surface area contributed by atoms with Gasteiger partial charge >= 0.3 is 11.8 Å². The van der Waals surface area contributed by atoms with E-state index in [1.807, 2.05) is 19.0 Å². The van der Waals surface area contributed by atoms with Crippen LogP contribution >= 0.6 is 0 Å². The van der Waals surface area contributed by atoms with Gasteiger partial charge in [0.2, 0.25) is 10.0 Å². The topological polar surface area (TPSA) is 117 Å². The number of hydrogen-bond acceptors (Lipinski definition) is 7. The molecule has 1 saturated heterocycles. The average Bonchev–Trinajstić information content (AvgIpc) is 3.15. The number of rotatable bonds is 8. The minimum atomic E-state index is -3.81. The summed E-state index contributed by atoms with van der Waals surface area (Å²) in [5.74, 6) is -1.07. The summed E-state index contributed by atoms with van der Waals surface area (Å²) in [6, 6.07) is 6.00. The molecule has 0 spiro atoms. The molecule has 0 aromatic heterocycles. The van der Waals surface area contributed by atoms with Crippen LogP contribution in [0.2, 0.25) is 0 Å². The Hall–Kier alpha value is -2.21. The highest BCUT2D eigenvalue weighted by Crippen LogP contribution is 2.23. The summed E-state index contributed by atoms with van der Waals surface area (Å²) in [6.45, 7) is 1.15. The second kappa shape index (κ2) is 9.82. The molecule has 1 fully saturated rings. The number of hydrogen-bond donors (Lipinski definition) is 2. The number of likely N-dealkylation sites (N-methyl/N-ethyl adjacent to an activating group) is 1. The summed E-state index contributed by atoms with van der Waals surface area (Å²) >= 11 is 0. The molecule has 2 N–H and O–H groups in total. The zero-order valence-electron chi connectivity index (χ0n) is 16.2. The van der Waals surface area contributed by atoms with Crippen LogP contribution in [0.5, 0.6) is 5.75 Å². The molecule has 0 bridgehead atoms. The Balaban J connectivity index is 1.94. The molecule has 1 aromatic carbocycles. The van der Waals surface area contributed by atoms with Crippen LogP contribution in [0.25, 0.3) is 0 Å². The van der Waals surface area contributed by atoms with Crippen LogP contribution < -0.4 is 15.4 Å². The Morgan fingerprint density at radius 1 is 1.21 bits per heavy atom. The molecule has 1 aliphatic rings. The van der Waals surface area contributed by atoms with E-state index in [2.05, 4.69) is 10.6 Å². The number of methoxy groups -OCH3 is 1. The van der Waals surface area contributed by atoms with Crippen LogP contribution in [0.15, 0.2) is 29.2 Å². The third kappa shape index (κ3) is 5.64.